The van der Waals surface area contributed by atoms with Crippen molar-refractivity contribution >= 4 is 5.91 Å². The van der Waals surface area contributed by atoms with Crippen LogP contribution in [-0.4, -0.2) is 30.9 Å². The summed E-state index contributed by atoms with van der Waals surface area (Å²) in [5.74, 6) is 0.670. The number of likely N-dealkylation sites (tertiary alicyclic amines) is 1. The Kier molecular flexibility index (Phi) is 4.22. The van der Waals surface area contributed by atoms with E-state index in [1.165, 1.54) is 32.4 Å². The summed E-state index contributed by atoms with van der Waals surface area (Å²) in [4.78, 5) is 12.9. The second kappa shape index (κ2) is 5.22. The van der Waals surface area contributed by atoms with Crippen molar-refractivity contribution in [1.29, 1.82) is 0 Å². The SMILES string of the molecule is CN1CCC(CCCC(N)=O)CC1. The summed E-state index contributed by atoms with van der Waals surface area (Å²) in [5, 5.41) is 0. The Labute approximate surface area is 80.3 Å². The molecule has 1 amide bonds. The molecule has 76 valence electrons. The number of carbonyl (C=O) groups excluding carboxylic acids is 1. The number of hydrogen-bond acceptors (Lipinski definition) is 2. The van der Waals surface area contributed by atoms with E-state index in [4.69, 9.17) is 5.73 Å². The van der Waals surface area contributed by atoms with E-state index in [0.717, 1.165) is 12.3 Å². The van der Waals surface area contributed by atoms with E-state index in [9.17, 15) is 4.79 Å². The van der Waals surface area contributed by atoms with Gasteiger partial charge in [-0.15, -0.1) is 0 Å². The molecule has 0 bridgehead atoms. The first-order valence-corrected chi connectivity index (χ1v) is 5.15. The highest BCUT2D eigenvalue weighted by atomic mass is 16.1. The van der Waals surface area contributed by atoms with Crippen LogP contribution < -0.4 is 5.73 Å². The number of rotatable bonds is 4. The van der Waals surface area contributed by atoms with E-state index in [2.05, 4.69) is 11.9 Å². The van der Waals surface area contributed by atoms with Gasteiger partial charge in [-0.3, -0.25) is 4.79 Å². The predicted octanol–water partition coefficient (Wildman–Crippen LogP) is 0.984. The number of nitrogens with two attached hydrogens (primary N) is 1. The molecule has 0 aromatic heterocycles. The van der Waals surface area contributed by atoms with Gasteiger partial charge in [0.05, 0.1) is 0 Å². The Morgan fingerprint density at radius 3 is 2.62 bits per heavy atom. The van der Waals surface area contributed by atoms with E-state index in [1.54, 1.807) is 0 Å². The summed E-state index contributed by atoms with van der Waals surface area (Å²) in [7, 11) is 2.17. The van der Waals surface area contributed by atoms with Crippen LogP contribution in [0, 0.1) is 5.92 Å². The van der Waals surface area contributed by atoms with Crippen molar-refractivity contribution in [3.05, 3.63) is 0 Å². The van der Waals surface area contributed by atoms with Gasteiger partial charge in [0.2, 0.25) is 5.91 Å². The van der Waals surface area contributed by atoms with E-state index in [1.807, 2.05) is 0 Å². The molecule has 1 aliphatic rings. The molecule has 1 rings (SSSR count). The Balaban J connectivity index is 2.05. The molecule has 13 heavy (non-hydrogen) atoms. The monoisotopic (exact) mass is 184 g/mol. The Morgan fingerprint density at radius 1 is 1.46 bits per heavy atom. The van der Waals surface area contributed by atoms with E-state index >= 15 is 0 Å². The fraction of sp³-hybridized carbons (Fsp3) is 0.900. The minimum atomic E-state index is -0.159. The molecule has 3 heteroatoms. The first-order valence-electron chi connectivity index (χ1n) is 5.15. The lowest BCUT2D eigenvalue weighted by Gasteiger charge is -2.28. The van der Waals surface area contributed by atoms with Crippen molar-refractivity contribution in [2.45, 2.75) is 32.1 Å². The standard InChI is InChI=1S/C10H20N2O/c1-12-7-5-9(6-8-12)3-2-4-10(11)13/h9H,2-8H2,1H3,(H2,11,13). The third-order valence-corrected chi connectivity index (χ3v) is 2.87. The molecule has 0 aromatic carbocycles. The van der Waals surface area contributed by atoms with Crippen LogP contribution in [0.2, 0.25) is 0 Å². The highest BCUT2D eigenvalue weighted by molar-refractivity contribution is 5.73. The van der Waals surface area contributed by atoms with Crippen LogP contribution in [0.3, 0.4) is 0 Å². The smallest absolute Gasteiger partial charge is 0.217 e. The Bertz CT molecular complexity index is 162. The van der Waals surface area contributed by atoms with Gasteiger partial charge >= 0.3 is 0 Å². The van der Waals surface area contributed by atoms with Gasteiger partial charge in [-0.25, -0.2) is 0 Å². The van der Waals surface area contributed by atoms with E-state index in [0.29, 0.717) is 6.42 Å². The van der Waals surface area contributed by atoms with Gasteiger partial charge < -0.3 is 10.6 Å². The fourth-order valence-corrected chi connectivity index (χ4v) is 1.92. The van der Waals surface area contributed by atoms with Crippen molar-refractivity contribution in [3.8, 4) is 0 Å². The van der Waals surface area contributed by atoms with Crippen LogP contribution in [0.5, 0.6) is 0 Å². The lowest BCUT2D eigenvalue weighted by molar-refractivity contribution is -0.118. The summed E-state index contributed by atoms with van der Waals surface area (Å²) >= 11 is 0. The van der Waals surface area contributed by atoms with Crippen LogP contribution in [-0.2, 0) is 4.79 Å². The molecule has 0 radical (unpaired) electrons. The molecule has 1 fully saturated rings. The zero-order valence-electron chi connectivity index (χ0n) is 8.46. The van der Waals surface area contributed by atoms with E-state index < -0.39 is 0 Å². The van der Waals surface area contributed by atoms with Gasteiger partial charge in [0, 0.05) is 6.42 Å². The summed E-state index contributed by atoms with van der Waals surface area (Å²) in [6.45, 7) is 2.42. The molecule has 2 N–H and O–H groups in total. The van der Waals surface area contributed by atoms with Crippen LogP contribution >= 0.6 is 0 Å². The second-order valence-electron chi connectivity index (χ2n) is 4.11. The van der Waals surface area contributed by atoms with Gasteiger partial charge in [0.1, 0.15) is 0 Å². The maximum Gasteiger partial charge on any atom is 0.217 e. The average molecular weight is 184 g/mol. The van der Waals surface area contributed by atoms with Crippen LogP contribution in [0.25, 0.3) is 0 Å². The molecular formula is C10H20N2O. The Morgan fingerprint density at radius 2 is 2.08 bits per heavy atom. The van der Waals surface area contributed by atoms with E-state index in [-0.39, 0.29) is 5.91 Å². The van der Waals surface area contributed by atoms with Crippen LogP contribution in [0.4, 0.5) is 0 Å². The molecule has 0 spiro atoms. The molecule has 0 aliphatic carbocycles. The lowest BCUT2D eigenvalue weighted by atomic mass is 9.92. The van der Waals surface area contributed by atoms with Gasteiger partial charge in [0.25, 0.3) is 0 Å². The lowest BCUT2D eigenvalue weighted by Crippen LogP contribution is -2.30. The second-order valence-corrected chi connectivity index (χ2v) is 4.11. The maximum absolute atomic E-state index is 10.5. The molecular weight excluding hydrogens is 164 g/mol. The molecule has 0 atom stereocenters. The minimum Gasteiger partial charge on any atom is -0.370 e. The Hall–Kier alpha value is -0.570. The molecule has 0 unspecified atom stereocenters. The van der Waals surface area contributed by atoms with Gasteiger partial charge in [0.15, 0.2) is 0 Å². The van der Waals surface area contributed by atoms with Crippen molar-refractivity contribution < 1.29 is 4.79 Å². The number of carbonyl (C=O) groups is 1. The van der Waals surface area contributed by atoms with Crippen molar-refractivity contribution in [1.82, 2.24) is 4.90 Å². The predicted molar refractivity (Wildman–Crippen MR) is 53.3 cm³/mol. The van der Waals surface area contributed by atoms with Gasteiger partial charge in [-0.05, 0) is 51.7 Å². The zero-order valence-corrected chi connectivity index (χ0v) is 8.46. The summed E-state index contributed by atoms with van der Waals surface area (Å²) in [6, 6.07) is 0. The number of amides is 1. The minimum absolute atomic E-state index is 0.159. The van der Waals surface area contributed by atoms with Crippen LogP contribution in [0.1, 0.15) is 32.1 Å². The number of primary amides is 1. The van der Waals surface area contributed by atoms with Crippen molar-refractivity contribution in [3.63, 3.8) is 0 Å². The third kappa shape index (κ3) is 4.27. The van der Waals surface area contributed by atoms with Gasteiger partial charge in [-0.1, -0.05) is 0 Å². The van der Waals surface area contributed by atoms with Crippen molar-refractivity contribution in [2.75, 3.05) is 20.1 Å². The zero-order chi connectivity index (χ0) is 9.68. The normalized spacial score (nSPS) is 20.4. The average Bonchev–Trinajstić information content (AvgIpc) is 2.08. The number of piperidine rings is 1. The molecule has 3 nitrogen and oxygen atoms in total. The number of hydrogen-bond donors (Lipinski definition) is 1. The molecule has 0 saturated carbocycles. The van der Waals surface area contributed by atoms with Crippen molar-refractivity contribution in [2.24, 2.45) is 11.7 Å². The van der Waals surface area contributed by atoms with Crippen LogP contribution in [0.15, 0.2) is 0 Å². The first kappa shape index (κ1) is 10.5. The highest BCUT2D eigenvalue weighted by Gasteiger charge is 2.15. The summed E-state index contributed by atoms with van der Waals surface area (Å²) < 4.78 is 0. The topological polar surface area (TPSA) is 46.3 Å². The highest BCUT2D eigenvalue weighted by Crippen LogP contribution is 2.21. The molecule has 1 heterocycles. The number of nitrogens with zero attached hydrogens (tertiary/aromatic N) is 1. The largest absolute Gasteiger partial charge is 0.370 e. The summed E-state index contributed by atoms with van der Waals surface area (Å²) in [6.07, 6.45) is 5.29. The maximum atomic E-state index is 10.5. The molecule has 1 aliphatic heterocycles. The third-order valence-electron chi connectivity index (χ3n) is 2.87. The molecule has 0 aromatic rings. The quantitative estimate of drug-likeness (QED) is 0.708. The first-order chi connectivity index (χ1) is 6.18. The summed E-state index contributed by atoms with van der Waals surface area (Å²) in [5.41, 5.74) is 5.08. The fourth-order valence-electron chi connectivity index (χ4n) is 1.92. The van der Waals surface area contributed by atoms with Gasteiger partial charge in [-0.2, -0.15) is 0 Å². The molecule has 1 saturated heterocycles.